The summed E-state index contributed by atoms with van der Waals surface area (Å²) in [6, 6.07) is 5.40. The predicted molar refractivity (Wildman–Crippen MR) is 47.7 cm³/mol. The monoisotopic (exact) mass is 188 g/mol. The molecule has 0 unspecified atom stereocenters. The van der Waals surface area contributed by atoms with Crippen LogP contribution in [0.25, 0.3) is 0 Å². The normalized spacial score (nSPS) is 9.92. The van der Waals surface area contributed by atoms with Gasteiger partial charge in [-0.15, -0.1) is 0 Å². The lowest BCUT2D eigenvalue weighted by atomic mass is 10.2. The lowest BCUT2D eigenvalue weighted by molar-refractivity contribution is 0.273. The summed E-state index contributed by atoms with van der Waals surface area (Å²) < 4.78 is 16.8. The van der Waals surface area contributed by atoms with E-state index in [9.17, 15) is 4.39 Å². The average molecular weight is 189 g/mol. The zero-order valence-corrected chi connectivity index (χ0v) is 7.57. The van der Waals surface area contributed by atoms with Crippen LogP contribution in [0.5, 0.6) is 5.75 Å². The Bertz CT molecular complexity index is 263. The van der Waals surface area contributed by atoms with Gasteiger partial charge in [0.2, 0.25) is 0 Å². The highest BCUT2D eigenvalue weighted by molar-refractivity contribution is 6.32. The maximum atomic E-state index is 11.7. The molecule has 0 radical (unpaired) electrons. The van der Waals surface area contributed by atoms with Crippen LogP contribution in [0.2, 0.25) is 5.02 Å². The first kappa shape index (κ1) is 9.33. The minimum absolute atomic E-state index is 0.0583. The zero-order valence-electron chi connectivity index (χ0n) is 6.81. The van der Waals surface area contributed by atoms with Gasteiger partial charge in [0.15, 0.2) is 0 Å². The molecule has 0 heterocycles. The van der Waals surface area contributed by atoms with E-state index in [0.29, 0.717) is 10.8 Å². The van der Waals surface area contributed by atoms with Gasteiger partial charge < -0.3 is 4.74 Å². The molecule has 1 rings (SSSR count). The third-order valence-electron chi connectivity index (χ3n) is 1.42. The summed E-state index contributed by atoms with van der Waals surface area (Å²) in [5.41, 5.74) is 1.06. The Morgan fingerprint density at radius 2 is 2.25 bits per heavy atom. The Hall–Kier alpha value is -0.760. The van der Waals surface area contributed by atoms with Gasteiger partial charge in [-0.1, -0.05) is 17.7 Å². The highest BCUT2D eigenvalue weighted by Gasteiger charge is 1.99. The first-order chi connectivity index (χ1) is 5.74. The van der Waals surface area contributed by atoms with Gasteiger partial charge in [-0.2, -0.15) is 0 Å². The van der Waals surface area contributed by atoms with Crippen LogP contribution in [-0.2, 0) is 0 Å². The molecule has 0 N–H and O–H groups in total. The second-order valence-electron chi connectivity index (χ2n) is 2.47. The van der Waals surface area contributed by atoms with Crippen LogP contribution in [0.15, 0.2) is 18.2 Å². The number of alkyl halides is 1. The molecule has 66 valence electrons. The molecule has 0 aromatic heterocycles. The average Bonchev–Trinajstić information content (AvgIpc) is 2.03. The smallest absolute Gasteiger partial charge is 0.138 e. The zero-order chi connectivity index (χ0) is 8.97. The predicted octanol–water partition coefficient (Wildman–Crippen LogP) is 3.00. The van der Waals surface area contributed by atoms with Gasteiger partial charge in [-0.25, -0.2) is 4.39 Å². The fourth-order valence-corrected chi connectivity index (χ4v) is 1.16. The SMILES string of the molecule is Cc1ccc(OCCF)c(Cl)c1. The van der Waals surface area contributed by atoms with Crippen LogP contribution in [0, 0.1) is 6.92 Å². The summed E-state index contributed by atoms with van der Waals surface area (Å²) in [5, 5.41) is 0.531. The van der Waals surface area contributed by atoms with E-state index in [2.05, 4.69) is 0 Å². The van der Waals surface area contributed by atoms with Crippen molar-refractivity contribution >= 4 is 11.6 Å². The van der Waals surface area contributed by atoms with Crippen molar-refractivity contribution < 1.29 is 9.13 Å². The molecule has 0 saturated carbocycles. The molecule has 0 aliphatic carbocycles. The maximum Gasteiger partial charge on any atom is 0.138 e. The van der Waals surface area contributed by atoms with Crippen molar-refractivity contribution in [1.29, 1.82) is 0 Å². The van der Waals surface area contributed by atoms with Gasteiger partial charge in [0.25, 0.3) is 0 Å². The molecule has 1 aromatic rings. The highest BCUT2D eigenvalue weighted by Crippen LogP contribution is 2.24. The lowest BCUT2D eigenvalue weighted by Gasteiger charge is -2.05. The lowest BCUT2D eigenvalue weighted by Crippen LogP contribution is -1.98. The summed E-state index contributed by atoms with van der Waals surface area (Å²) in [6.07, 6.45) is 0. The third-order valence-corrected chi connectivity index (χ3v) is 1.72. The van der Waals surface area contributed by atoms with Crippen molar-refractivity contribution in [3.05, 3.63) is 28.8 Å². The van der Waals surface area contributed by atoms with Crippen molar-refractivity contribution in [2.45, 2.75) is 6.92 Å². The minimum atomic E-state index is -0.496. The Kier molecular flexibility index (Phi) is 3.35. The number of aryl methyl sites for hydroxylation is 1. The first-order valence-electron chi connectivity index (χ1n) is 3.69. The molecule has 0 amide bonds. The molecule has 0 fully saturated rings. The van der Waals surface area contributed by atoms with Gasteiger partial charge >= 0.3 is 0 Å². The van der Waals surface area contributed by atoms with E-state index in [1.807, 2.05) is 13.0 Å². The number of halogens is 2. The Morgan fingerprint density at radius 3 is 2.83 bits per heavy atom. The number of rotatable bonds is 3. The molecule has 12 heavy (non-hydrogen) atoms. The van der Waals surface area contributed by atoms with Crippen LogP contribution in [0.3, 0.4) is 0 Å². The number of benzene rings is 1. The molecule has 1 nitrogen and oxygen atoms in total. The summed E-state index contributed by atoms with van der Waals surface area (Å²) in [6.45, 7) is 1.50. The second kappa shape index (κ2) is 4.31. The van der Waals surface area contributed by atoms with E-state index in [-0.39, 0.29) is 6.61 Å². The summed E-state index contributed by atoms with van der Waals surface area (Å²) in [5.74, 6) is 0.542. The van der Waals surface area contributed by atoms with E-state index < -0.39 is 6.67 Å². The van der Waals surface area contributed by atoms with Crippen molar-refractivity contribution in [3.63, 3.8) is 0 Å². The first-order valence-corrected chi connectivity index (χ1v) is 4.07. The van der Waals surface area contributed by atoms with Crippen molar-refractivity contribution in [2.75, 3.05) is 13.3 Å². The molecule has 0 spiro atoms. The number of hydrogen-bond acceptors (Lipinski definition) is 1. The molecule has 0 bridgehead atoms. The van der Waals surface area contributed by atoms with Crippen LogP contribution >= 0.6 is 11.6 Å². The van der Waals surface area contributed by atoms with Crippen molar-refractivity contribution in [1.82, 2.24) is 0 Å². The standard InChI is InChI=1S/C9H10ClFO/c1-7-2-3-9(8(10)6-7)12-5-4-11/h2-3,6H,4-5H2,1H3. The fourth-order valence-electron chi connectivity index (χ4n) is 0.871. The quantitative estimate of drug-likeness (QED) is 0.709. The van der Waals surface area contributed by atoms with Crippen LogP contribution in [-0.4, -0.2) is 13.3 Å². The molecule has 1 aromatic carbocycles. The number of hydrogen-bond donors (Lipinski definition) is 0. The highest BCUT2D eigenvalue weighted by atomic mass is 35.5. The minimum Gasteiger partial charge on any atom is -0.489 e. The molecular formula is C9H10ClFO. The Balaban J connectivity index is 2.72. The topological polar surface area (TPSA) is 9.23 Å². The number of ether oxygens (including phenoxy) is 1. The van der Waals surface area contributed by atoms with Gasteiger partial charge in [-0.3, -0.25) is 0 Å². The van der Waals surface area contributed by atoms with Gasteiger partial charge in [0, 0.05) is 0 Å². The van der Waals surface area contributed by atoms with Gasteiger partial charge in [0.1, 0.15) is 19.0 Å². The van der Waals surface area contributed by atoms with Crippen molar-refractivity contribution in [2.24, 2.45) is 0 Å². The summed E-state index contributed by atoms with van der Waals surface area (Å²) >= 11 is 5.82. The van der Waals surface area contributed by atoms with E-state index in [0.717, 1.165) is 5.56 Å². The molecular weight excluding hydrogens is 179 g/mol. The Labute approximate surface area is 76.1 Å². The van der Waals surface area contributed by atoms with Gasteiger partial charge in [-0.05, 0) is 24.6 Å². The van der Waals surface area contributed by atoms with E-state index in [1.165, 1.54) is 0 Å². The largest absolute Gasteiger partial charge is 0.489 e. The summed E-state index contributed by atoms with van der Waals surface area (Å²) in [7, 11) is 0. The molecule has 0 aliphatic heterocycles. The van der Waals surface area contributed by atoms with Crippen LogP contribution in [0.4, 0.5) is 4.39 Å². The third kappa shape index (κ3) is 2.38. The fraction of sp³-hybridized carbons (Fsp3) is 0.333. The maximum absolute atomic E-state index is 11.7. The second-order valence-corrected chi connectivity index (χ2v) is 2.88. The van der Waals surface area contributed by atoms with Crippen LogP contribution in [0.1, 0.15) is 5.56 Å². The van der Waals surface area contributed by atoms with Crippen molar-refractivity contribution in [3.8, 4) is 5.75 Å². The molecule has 0 aliphatic rings. The van der Waals surface area contributed by atoms with Crippen LogP contribution < -0.4 is 4.74 Å². The van der Waals surface area contributed by atoms with E-state index >= 15 is 0 Å². The molecule has 3 heteroatoms. The molecule has 0 atom stereocenters. The Morgan fingerprint density at radius 1 is 1.50 bits per heavy atom. The van der Waals surface area contributed by atoms with Gasteiger partial charge in [0.05, 0.1) is 5.02 Å². The summed E-state index contributed by atoms with van der Waals surface area (Å²) in [4.78, 5) is 0. The molecule has 0 saturated heterocycles. The van der Waals surface area contributed by atoms with E-state index in [1.54, 1.807) is 12.1 Å². The van der Waals surface area contributed by atoms with E-state index in [4.69, 9.17) is 16.3 Å².